The monoisotopic (exact) mass is 221 g/mol. The van der Waals surface area contributed by atoms with Gasteiger partial charge in [-0.2, -0.15) is 0 Å². The number of nitrogens with zero attached hydrogens (tertiary/aromatic N) is 3. The van der Waals surface area contributed by atoms with Gasteiger partial charge in [-0.05, 0) is 33.9 Å². The summed E-state index contributed by atoms with van der Waals surface area (Å²) in [7, 11) is 1.95. The maximum absolute atomic E-state index is 10.9. The molecule has 0 saturated carbocycles. The molecule has 0 aliphatic rings. The number of likely N-dealkylation sites (N-methyl/N-ethyl adjacent to an activating group) is 1. The molecule has 0 amide bonds. The summed E-state index contributed by atoms with van der Waals surface area (Å²) in [6.07, 6.45) is 0.855. The summed E-state index contributed by atoms with van der Waals surface area (Å²) in [6.45, 7) is 6.82. The number of Topliss-reactive ketones (excluding diaryl/α,β-unsaturated/α-hetero) is 1. The molecule has 0 aliphatic heterocycles. The number of aromatic nitrogens is 2. The Morgan fingerprint density at radius 2 is 2.06 bits per heavy atom. The van der Waals surface area contributed by atoms with E-state index in [2.05, 4.69) is 9.97 Å². The van der Waals surface area contributed by atoms with E-state index in [-0.39, 0.29) is 5.78 Å². The van der Waals surface area contributed by atoms with Gasteiger partial charge < -0.3 is 0 Å². The smallest absolute Gasteiger partial charge is 0.143 e. The fourth-order valence-corrected chi connectivity index (χ4v) is 1.69. The van der Waals surface area contributed by atoms with E-state index in [1.54, 1.807) is 6.92 Å². The first-order valence-electron chi connectivity index (χ1n) is 5.46. The van der Waals surface area contributed by atoms with Crippen molar-refractivity contribution in [3.05, 3.63) is 23.3 Å². The maximum Gasteiger partial charge on any atom is 0.143 e. The summed E-state index contributed by atoms with van der Waals surface area (Å²) < 4.78 is 0. The molecule has 1 aromatic heterocycles. The van der Waals surface area contributed by atoms with E-state index in [0.29, 0.717) is 6.54 Å². The highest BCUT2D eigenvalue weighted by atomic mass is 16.1. The van der Waals surface area contributed by atoms with Gasteiger partial charge in [0.05, 0.1) is 6.54 Å². The molecule has 0 unspecified atom stereocenters. The minimum Gasteiger partial charge on any atom is -0.299 e. The van der Waals surface area contributed by atoms with Crippen LogP contribution in [0.2, 0.25) is 0 Å². The number of carbonyl (C=O) groups excluding carboxylic acids is 1. The van der Waals surface area contributed by atoms with Crippen LogP contribution in [0.5, 0.6) is 0 Å². The molecule has 1 rings (SSSR count). The molecule has 0 radical (unpaired) electrons. The van der Waals surface area contributed by atoms with Crippen molar-refractivity contribution in [2.45, 2.75) is 27.2 Å². The Hall–Kier alpha value is -1.29. The van der Waals surface area contributed by atoms with Crippen molar-refractivity contribution >= 4 is 5.78 Å². The molecule has 0 saturated heterocycles. The van der Waals surface area contributed by atoms with Crippen molar-refractivity contribution in [2.24, 2.45) is 0 Å². The van der Waals surface area contributed by atoms with Crippen LogP contribution in [0.25, 0.3) is 0 Å². The van der Waals surface area contributed by atoms with Gasteiger partial charge in [-0.25, -0.2) is 9.97 Å². The van der Waals surface area contributed by atoms with Crippen molar-refractivity contribution < 1.29 is 4.79 Å². The lowest BCUT2D eigenvalue weighted by molar-refractivity contribution is -0.117. The summed E-state index contributed by atoms with van der Waals surface area (Å²) in [5.74, 6) is 1.00. The fourth-order valence-electron chi connectivity index (χ4n) is 1.69. The Bertz CT molecular complexity index is 356. The largest absolute Gasteiger partial charge is 0.299 e. The van der Waals surface area contributed by atoms with Crippen LogP contribution in [0.1, 0.15) is 24.1 Å². The highest BCUT2D eigenvalue weighted by Gasteiger charge is 2.04. The zero-order chi connectivity index (χ0) is 12.1. The molecule has 0 spiro atoms. The molecule has 0 aliphatic carbocycles. The number of hydrogen-bond donors (Lipinski definition) is 0. The van der Waals surface area contributed by atoms with Gasteiger partial charge in [0, 0.05) is 24.4 Å². The second kappa shape index (κ2) is 5.70. The van der Waals surface area contributed by atoms with E-state index in [0.717, 1.165) is 30.2 Å². The second-order valence-electron chi connectivity index (χ2n) is 4.24. The van der Waals surface area contributed by atoms with Gasteiger partial charge in [0.1, 0.15) is 11.6 Å². The van der Waals surface area contributed by atoms with Crippen molar-refractivity contribution in [3.8, 4) is 0 Å². The van der Waals surface area contributed by atoms with Crippen LogP contribution in [0.3, 0.4) is 0 Å². The molecule has 0 N–H and O–H groups in total. The Labute approximate surface area is 96.7 Å². The first-order chi connectivity index (χ1) is 7.47. The Morgan fingerprint density at radius 3 is 2.62 bits per heavy atom. The van der Waals surface area contributed by atoms with E-state index in [4.69, 9.17) is 0 Å². The van der Waals surface area contributed by atoms with Crippen molar-refractivity contribution in [3.63, 3.8) is 0 Å². The van der Waals surface area contributed by atoms with E-state index in [1.165, 1.54) is 0 Å². The average Bonchev–Trinajstić information content (AvgIpc) is 2.12. The topological polar surface area (TPSA) is 46.1 Å². The molecule has 16 heavy (non-hydrogen) atoms. The zero-order valence-corrected chi connectivity index (χ0v) is 10.4. The molecular weight excluding hydrogens is 202 g/mol. The molecule has 0 aromatic carbocycles. The van der Waals surface area contributed by atoms with Crippen LogP contribution >= 0.6 is 0 Å². The van der Waals surface area contributed by atoms with Gasteiger partial charge in [-0.3, -0.25) is 9.69 Å². The van der Waals surface area contributed by atoms with Crippen LogP contribution in [-0.4, -0.2) is 40.8 Å². The molecule has 88 valence electrons. The summed E-state index contributed by atoms with van der Waals surface area (Å²) in [5.41, 5.74) is 2.04. The van der Waals surface area contributed by atoms with Gasteiger partial charge >= 0.3 is 0 Å². The zero-order valence-electron chi connectivity index (χ0n) is 10.4. The number of ketones is 1. The molecule has 0 fully saturated rings. The van der Waals surface area contributed by atoms with Crippen LogP contribution in [-0.2, 0) is 11.2 Å². The van der Waals surface area contributed by atoms with Gasteiger partial charge in [0.15, 0.2) is 0 Å². The van der Waals surface area contributed by atoms with Gasteiger partial charge in [0.25, 0.3) is 0 Å². The molecule has 0 bridgehead atoms. The van der Waals surface area contributed by atoms with E-state index < -0.39 is 0 Å². The van der Waals surface area contributed by atoms with Gasteiger partial charge in [-0.1, -0.05) is 0 Å². The number of aryl methyl sites for hydroxylation is 2. The van der Waals surface area contributed by atoms with E-state index in [1.807, 2.05) is 31.9 Å². The minimum absolute atomic E-state index is 0.192. The lowest BCUT2D eigenvalue weighted by Crippen LogP contribution is -2.26. The Kier molecular flexibility index (Phi) is 4.55. The summed E-state index contributed by atoms with van der Waals surface area (Å²) in [4.78, 5) is 21.5. The van der Waals surface area contributed by atoms with E-state index >= 15 is 0 Å². The minimum atomic E-state index is 0.192. The third-order valence-corrected chi connectivity index (χ3v) is 2.26. The van der Waals surface area contributed by atoms with Crippen molar-refractivity contribution in [1.82, 2.24) is 14.9 Å². The highest BCUT2D eigenvalue weighted by Crippen LogP contribution is 2.01. The third kappa shape index (κ3) is 4.49. The summed E-state index contributed by atoms with van der Waals surface area (Å²) >= 11 is 0. The summed E-state index contributed by atoms with van der Waals surface area (Å²) in [6, 6.07) is 1.99. The molecular formula is C12H19N3O. The lowest BCUT2D eigenvalue weighted by Gasteiger charge is -2.14. The number of rotatable bonds is 5. The highest BCUT2D eigenvalue weighted by molar-refractivity contribution is 5.77. The Balaban J connectivity index is 2.51. The first kappa shape index (κ1) is 12.8. The molecule has 1 aromatic rings. The third-order valence-electron chi connectivity index (χ3n) is 2.26. The van der Waals surface area contributed by atoms with Crippen LogP contribution in [0, 0.1) is 13.8 Å². The SMILES string of the molecule is CC(=O)CN(C)CCc1cc(C)nc(C)n1. The first-order valence-corrected chi connectivity index (χ1v) is 5.46. The molecule has 4 heteroatoms. The van der Waals surface area contributed by atoms with Crippen LogP contribution in [0.15, 0.2) is 6.07 Å². The second-order valence-corrected chi connectivity index (χ2v) is 4.24. The Morgan fingerprint density at radius 1 is 1.38 bits per heavy atom. The fraction of sp³-hybridized carbons (Fsp3) is 0.583. The van der Waals surface area contributed by atoms with Crippen molar-refractivity contribution in [1.29, 1.82) is 0 Å². The molecule has 1 heterocycles. The maximum atomic E-state index is 10.9. The standard InChI is InChI=1S/C12H19N3O/c1-9-7-12(14-11(3)13-9)5-6-15(4)8-10(2)16/h7H,5-6,8H2,1-4H3. The predicted octanol–water partition coefficient (Wildman–Crippen LogP) is 1.16. The quantitative estimate of drug-likeness (QED) is 0.748. The lowest BCUT2D eigenvalue weighted by atomic mass is 10.2. The summed E-state index contributed by atoms with van der Waals surface area (Å²) in [5, 5.41) is 0. The number of hydrogen-bond acceptors (Lipinski definition) is 4. The van der Waals surface area contributed by atoms with Crippen LogP contribution in [0.4, 0.5) is 0 Å². The van der Waals surface area contributed by atoms with Gasteiger partial charge in [-0.15, -0.1) is 0 Å². The number of carbonyl (C=O) groups is 1. The van der Waals surface area contributed by atoms with E-state index in [9.17, 15) is 4.79 Å². The normalized spacial score (nSPS) is 10.8. The average molecular weight is 221 g/mol. The molecule has 4 nitrogen and oxygen atoms in total. The van der Waals surface area contributed by atoms with Gasteiger partial charge in [0.2, 0.25) is 0 Å². The van der Waals surface area contributed by atoms with Crippen LogP contribution < -0.4 is 0 Å². The van der Waals surface area contributed by atoms with Crippen molar-refractivity contribution in [2.75, 3.05) is 20.1 Å². The predicted molar refractivity (Wildman–Crippen MR) is 63.4 cm³/mol. The molecule has 0 atom stereocenters.